The summed E-state index contributed by atoms with van der Waals surface area (Å²) >= 11 is 0. The molecule has 1 aliphatic rings. The molecule has 9 heteroatoms. The first-order valence-corrected chi connectivity index (χ1v) is 9.51. The largest absolute Gasteiger partial charge is 0.394 e. The smallest absolute Gasteiger partial charge is 0.351 e. The Kier molecular flexibility index (Phi) is 8.36. The fraction of sp³-hybridized carbons (Fsp3) is 0.722. The van der Waals surface area contributed by atoms with E-state index in [1.807, 2.05) is 0 Å². The van der Waals surface area contributed by atoms with Gasteiger partial charge in [-0.1, -0.05) is 26.7 Å². The van der Waals surface area contributed by atoms with Gasteiger partial charge in [-0.2, -0.15) is 4.98 Å². The quantitative estimate of drug-likeness (QED) is 0.396. The van der Waals surface area contributed by atoms with Crippen LogP contribution in [0.2, 0.25) is 0 Å². The van der Waals surface area contributed by atoms with E-state index in [0.717, 1.165) is 43.3 Å². The van der Waals surface area contributed by atoms with Crippen LogP contribution in [0.15, 0.2) is 22.1 Å². The summed E-state index contributed by atoms with van der Waals surface area (Å²) in [6, 6.07) is 1.55. The van der Waals surface area contributed by atoms with Crippen LogP contribution in [0.4, 0.5) is 5.82 Å². The van der Waals surface area contributed by atoms with Gasteiger partial charge in [-0.25, -0.2) is 9.79 Å². The topological polar surface area (TPSA) is 120 Å². The lowest BCUT2D eigenvalue weighted by Gasteiger charge is -2.19. The van der Waals surface area contributed by atoms with E-state index < -0.39 is 36.8 Å². The van der Waals surface area contributed by atoms with Crippen LogP contribution >= 0.6 is 0 Å². The number of unbranched alkanes of at least 4 members (excludes halogenated alkanes) is 2. The van der Waals surface area contributed by atoms with Crippen molar-refractivity contribution in [3.8, 4) is 0 Å². The van der Waals surface area contributed by atoms with Crippen LogP contribution < -0.4 is 5.69 Å². The van der Waals surface area contributed by atoms with E-state index in [9.17, 15) is 15.0 Å². The molecule has 0 amide bonds. The Labute approximate surface area is 158 Å². The number of aliphatic imine (C=N–C) groups is 1. The number of nitrogens with zero attached hydrogens (tertiary/aromatic N) is 4. The van der Waals surface area contributed by atoms with Crippen molar-refractivity contribution in [1.29, 1.82) is 0 Å². The molecule has 0 saturated carbocycles. The minimum atomic E-state index is -1.32. The molecular weight excluding hydrogens is 352 g/mol. The van der Waals surface area contributed by atoms with E-state index in [1.165, 1.54) is 6.20 Å². The van der Waals surface area contributed by atoms with Gasteiger partial charge < -0.3 is 25.0 Å². The van der Waals surface area contributed by atoms with Crippen molar-refractivity contribution in [2.75, 3.05) is 19.7 Å². The van der Waals surface area contributed by atoms with Crippen molar-refractivity contribution in [2.24, 2.45) is 4.99 Å². The zero-order chi connectivity index (χ0) is 19.8. The molecule has 4 atom stereocenters. The third-order valence-corrected chi connectivity index (χ3v) is 4.56. The fourth-order valence-corrected chi connectivity index (χ4v) is 2.87. The molecule has 0 aliphatic carbocycles. The summed E-state index contributed by atoms with van der Waals surface area (Å²) in [6.07, 6.45) is 2.82. The molecule has 3 N–H and O–H groups in total. The highest BCUT2D eigenvalue weighted by Gasteiger charge is 2.43. The van der Waals surface area contributed by atoms with Crippen molar-refractivity contribution in [3.05, 3.63) is 22.7 Å². The zero-order valence-corrected chi connectivity index (χ0v) is 15.9. The highest BCUT2D eigenvalue weighted by Crippen LogP contribution is 2.28. The summed E-state index contributed by atoms with van der Waals surface area (Å²) in [5.74, 6) is 0.265. The highest BCUT2D eigenvalue weighted by atomic mass is 16.6. The number of aliphatic hydroxyl groups excluding tert-OH is 3. The van der Waals surface area contributed by atoms with Gasteiger partial charge in [0.1, 0.15) is 18.3 Å². The first-order valence-electron chi connectivity index (χ1n) is 9.51. The normalized spacial score (nSPS) is 25.4. The van der Waals surface area contributed by atoms with E-state index >= 15 is 0 Å². The molecule has 1 fully saturated rings. The first-order chi connectivity index (χ1) is 13.0. The second-order valence-electron chi connectivity index (χ2n) is 6.69. The Bertz CT molecular complexity index is 657. The van der Waals surface area contributed by atoms with Gasteiger partial charge in [0.25, 0.3) is 0 Å². The van der Waals surface area contributed by atoms with Crippen LogP contribution in [0.1, 0.15) is 45.8 Å². The highest BCUT2D eigenvalue weighted by molar-refractivity contribution is 5.59. The third-order valence-electron chi connectivity index (χ3n) is 4.56. The van der Waals surface area contributed by atoms with Gasteiger partial charge in [-0.05, 0) is 18.9 Å². The number of hydrogen-bond acceptors (Lipinski definition) is 7. The lowest BCUT2D eigenvalue weighted by Crippen LogP contribution is -2.35. The molecule has 0 spiro atoms. The predicted octanol–water partition coefficient (Wildman–Crippen LogP) is 0.417. The second kappa shape index (κ2) is 10.5. The Morgan fingerprint density at radius 3 is 2.44 bits per heavy atom. The molecule has 2 unspecified atom stereocenters. The molecule has 2 heterocycles. The minimum absolute atomic E-state index is 0.265. The molecule has 27 heavy (non-hydrogen) atoms. The summed E-state index contributed by atoms with van der Waals surface area (Å²) < 4.78 is 6.45. The number of aromatic nitrogens is 2. The Morgan fingerprint density at radius 2 is 1.93 bits per heavy atom. The molecule has 0 bridgehead atoms. The van der Waals surface area contributed by atoms with Gasteiger partial charge in [-0.15, -0.1) is 0 Å². The average Bonchev–Trinajstić information content (AvgIpc) is 2.95. The van der Waals surface area contributed by atoms with Crippen LogP contribution in [0.3, 0.4) is 0 Å². The molecule has 1 aromatic rings. The van der Waals surface area contributed by atoms with Crippen LogP contribution in [0.25, 0.3) is 0 Å². The van der Waals surface area contributed by atoms with Gasteiger partial charge in [0.2, 0.25) is 0 Å². The number of ether oxygens (including phenoxy) is 1. The number of aliphatic hydroxyl groups is 3. The summed E-state index contributed by atoms with van der Waals surface area (Å²) in [5.41, 5.74) is -0.645. The maximum absolute atomic E-state index is 12.3. The van der Waals surface area contributed by atoms with Gasteiger partial charge >= 0.3 is 5.69 Å². The summed E-state index contributed by atoms with van der Waals surface area (Å²) in [4.78, 5) is 22.6. The van der Waals surface area contributed by atoms with Crippen LogP contribution in [-0.2, 0) is 4.74 Å². The van der Waals surface area contributed by atoms with Crippen LogP contribution in [0, 0.1) is 0 Å². The fourth-order valence-electron chi connectivity index (χ4n) is 2.87. The van der Waals surface area contributed by atoms with Crippen molar-refractivity contribution < 1.29 is 20.1 Å². The second-order valence-corrected chi connectivity index (χ2v) is 6.69. The average molecular weight is 382 g/mol. The summed E-state index contributed by atoms with van der Waals surface area (Å²) in [5, 5.41) is 29.0. The Morgan fingerprint density at radius 1 is 1.26 bits per heavy atom. The van der Waals surface area contributed by atoms with Crippen molar-refractivity contribution in [1.82, 2.24) is 14.5 Å². The molecule has 9 nitrogen and oxygen atoms in total. The van der Waals surface area contributed by atoms with Gasteiger partial charge in [0.15, 0.2) is 12.0 Å². The maximum atomic E-state index is 12.3. The van der Waals surface area contributed by atoms with Crippen LogP contribution in [0.5, 0.6) is 0 Å². The van der Waals surface area contributed by atoms with E-state index in [-0.39, 0.29) is 5.82 Å². The molecule has 152 valence electrons. The standard InChI is InChI=1S/C18H30N4O5/c1-3-5-8-21(9-6-4-2)12-19-14-7-10-22(18(26)20-14)17-16(25)15(24)13(11-23)27-17/h7,10,12-13,15-17,23-25H,3-6,8-9,11H2,1-2H3/b19-12+/t13-,15?,16?,17-/m1/s1. The molecule has 0 radical (unpaired) electrons. The van der Waals surface area contributed by atoms with E-state index in [0.29, 0.717) is 0 Å². The molecule has 1 aliphatic heterocycles. The molecule has 2 rings (SSSR count). The van der Waals surface area contributed by atoms with E-state index in [4.69, 9.17) is 9.84 Å². The van der Waals surface area contributed by atoms with E-state index in [2.05, 4.69) is 28.7 Å². The Balaban J connectivity index is 2.10. The zero-order valence-electron chi connectivity index (χ0n) is 15.9. The molecule has 0 aromatic carbocycles. The monoisotopic (exact) mass is 382 g/mol. The number of hydrogen-bond donors (Lipinski definition) is 3. The predicted molar refractivity (Wildman–Crippen MR) is 101 cm³/mol. The SMILES string of the molecule is CCCCN(/C=N/c1ccn([C@@H]2O[C@H](CO)C(O)C2O)c(=O)n1)CCCC. The molecule has 1 aromatic heterocycles. The van der Waals surface area contributed by atoms with Gasteiger partial charge in [-0.3, -0.25) is 4.57 Å². The minimum Gasteiger partial charge on any atom is -0.394 e. The van der Waals surface area contributed by atoms with Gasteiger partial charge in [0.05, 0.1) is 12.9 Å². The lowest BCUT2D eigenvalue weighted by molar-refractivity contribution is -0.0549. The number of rotatable bonds is 10. The van der Waals surface area contributed by atoms with Crippen molar-refractivity contribution in [3.63, 3.8) is 0 Å². The molecule has 1 saturated heterocycles. The van der Waals surface area contributed by atoms with Crippen molar-refractivity contribution >= 4 is 12.2 Å². The Hall–Kier alpha value is -1.81. The van der Waals surface area contributed by atoms with Gasteiger partial charge in [0, 0.05) is 19.3 Å². The maximum Gasteiger partial charge on any atom is 0.351 e. The lowest BCUT2D eigenvalue weighted by atomic mass is 10.1. The third kappa shape index (κ3) is 5.58. The van der Waals surface area contributed by atoms with E-state index in [1.54, 1.807) is 12.4 Å². The summed E-state index contributed by atoms with van der Waals surface area (Å²) in [7, 11) is 0. The van der Waals surface area contributed by atoms with Crippen LogP contribution in [-0.4, -0.2) is 74.1 Å². The van der Waals surface area contributed by atoms with Crippen molar-refractivity contribution in [2.45, 2.75) is 64.1 Å². The molecular formula is C18H30N4O5. The summed E-state index contributed by atoms with van der Waals surface area (Å²) in [6.45, 7) is 5.62. The first kappa shape index (κ1) is 21.5.